The van der Waals surface area contributed by atoms with Crippen LogP contribution in [0.25, 0.3) is 5.65 Å². The summed E-state index contributed by atoms with van der Waals surface area (Å²) in [5, 5.41) is 3.42. The third kappa shape index (κ3) is 3.30. The van der Waals surface area contributed by atoms with Gasteiger partial charge in [0.2, 0.25) is 5.88 Å². The third-order valence-corrected chi connectivity index (χ3v) is 4.58. The van der Waals surface area contributed by atoms with Gasteiger partial charge in [-0.3, -0.25) is 9.20 Å². The molecule has 0 atom stereocenters. The van der Waals surface area contributed by atoms with Gasteiger partial charge in [-0.25, -0.2) is 15.0 Å². The number of rotatable bonds is 4. The number of aromatic nitrogens is 4. The topological polar surface area (TPSA) is 84.7 Å². The zero-order valence-electron chi connectivity index (χ0n) is 14.5. The maximum absolute atomic E-state index is 12.3. The highest BCUT2D eigenvalue weighted by Crippen LogP contribution is 2.20. The van der Waals surface area contributed by atoms with Crippen molar-refractivity contribution in [1.29, 1.82) is 0 Å². The van der Waals surface area contributed by atoms with Gasteiger partial charge in [0.1, 0.15) is 23.6 Å². The van der Waals surface area contributed by atoms with Crippen molar-refractivity contribution in [3.8, 4) is 5.88 Å². The summed E-state index contributed by atoms with van der Waals surface area (Å²) in [5.74, 6) is 2.04. The van der Waals surface area contributed by atoms with Crippen molar-refractivity contribution in [1.82, 2.24) is 19.4 Å². The van der Waals surface area contributed by atoms with Gasteiger partial charge in [-0.15, -0.1) is 0 Å². The number of ether oxygens (including phenoxy) is 1. The molecule has 134 valence electrons. The van der Waals surface area contributed by atoms with E-state index in [4.69, 9.17) is 4.74 Å². The van der Waals surface area contributed by atoms with Gasteiger partial charge in [-0.05, 0) is 25.0 Å². The van der Waals surface area contributed by atoms with E-state index < -0.39 is 0 Å². The van der Waals surface area contributed by atoms with Gasteiger partial charge in [0.15, 0.2) is 0 Å². The van der Waals surface area contributed by atoms with Crippen LogP contribution in [0.5, 0.6) is 5.88 Å². The molecule has 4 rings (SSSR count). The molecule has 26 heavy (non-hydrogen) atoms. The van der Waals surface area contributed by atoms with E-state index in [1.54, 1.807) is 29.8 Å². The second-order valence-corrected chi connectivity index (χ2v) is 6.23. The van der Waals surface area contributed by atoms with Crippen molar-refractivity contribution in [2.75, 3.05) is 30.4 Å². The normalized spacial score (nSPS) is 15.2. The monoisotopic (exact) mass is 352 g/mol. The molecule has 0 unspecified atom stereocenters. The fourth-order valence-corrected chi connectivity index (χ4v) is 3.20. The minimum absolute atomic E-state index is 0.0565. The first-order valence-electron chi connectivity index (χ1n) is 8.59. The predicted octanol–water partition coefficient (Wildman–Crippen LogP) is 1.57. The largest absolute Gasteiger partial charge is 0.481 e. The highest BCUT2D eigenvalue weighted by molar-refractivity contribution is 5.48. The van der Waals surface area contributed by atoms with Crippen molar-refractivity contribution in [3.63, 3.8) is 0 Å². The van der Waals surface area contributed by atoms with Crippen LogP contribution in [0.2, 0.25) is 0 Å². The van der Waals surface area contributed by atoms with Crippen molar-refractivity contribution in [2.45, 2.75) is 18.9 Å². The summed E-state index contributed by atoms with van der Waals surface area (Å²) in [6, 6.07) is 9.27. The molecule has 1 aliphatic rings. The van der Waals surface area contributed by atoms with Crippen LogP contribution in [0.3, 0.4) is 0 Å². The van der Waals surface area contributed by atoms with Gasteiger partial charge in [0.05, 0.1) is 7.11 Å². The molecule has 0 aliphatic carbocycles. The standard InChI is InChI=1S/C18H20N6O2/c1-26-17-10-14(19-12-20-17)21-13-5-8-23(9-6-13)16-11-18(25)24-7-3-2-4-15(24)22-16/h2-4,7,10-13H,5-6,8-9H2,1H3,(H,19,20,21). The molecule has 3 aromatic rings. The summed E-state index contributed by atoms with van der Waals surface area (Å²) < 4.78 is 6.68. The molecule has 0 radical (unpaired) electrons. The third-order valence-electron chi connectivity index (χ3n) is 4.58. The molecule has 0 saturated carbocycles. The molecule has 0 amide bonds. The first-order chi connectivity index (χ1) is 12.7. The number of nitrogens with zero attached hydrogens (tertiary/aromatic N) is 5. The fourth-order valence-electron chi connectivity index (χ4n) is 3.20. The van der Waals surface area contributed by atoms with E-state index in [0.29, 0.717) is 17.6 Å². The zero-order chi connectivity index (χ0) is 17.9. The van der Waals surface area contributed by atoms with E-state index in [2.05, 4.69) is 25.2 Å². The summed E-state index contributed by atoms with van der Waals surface area (Å²) in [6.45, 7) is 1.66. The predicted molar refractivity (Wildman–Crippen MR) is 98.9 cm³/mol. The highest BCUT2D eigenvalue weighted by atomic mass is 16.5. The lowest BCUT2D eigenvalue weighted by atomic mass is 10.1. The maximum atomic E-state index is 12.3. The Bertz CT molecular complexity index is 965. The molecule has 3 aromatic heterocycles. The lowest BCUT2D eigenvalue weighted by Crippen LogP contribution is -2.40. The van der Waals surface area contributed by atoms with Crippen LogP contribution >= 0.6 is 0 Å². The quantitative estimate of drug-likeness (QED) is 0.763. The Morgan fingerprint density at radius 2 is 2.04 bits per heavy atom. The van der Waals surface area contributed by atoms with Gasteiger partial charge in [-0.1, -0.05) is 6.07 Å². The summed E-state index contributed by atoms with van der Waals surface area (Å²) in [4.78, 5) is 27.3. The first-order valence-corrected chi connectivity index (χ1v) is 8.59. The van der Waals surface area contributed by atoms with Crippen molar-refractivity contribution in [3.05, 3.63) is 53.2 Å². The first kappa shape index (κ1) is 16.3. The van der Waals surface area contributed by atoms with E-state index in [1.807, 2.05) is 18.2 Å². The van der Waals surface area contributed by atoms with Crippen LogP contribution in [0.4, 0.5) is 11.6 Å². The molecule has 1 N–H and O–H groups in total. The van der Waals surface area contributed by atoms with E-state index >= 15 is 0 Å². The molecule has 8 heteroatoms. The number of hydrogen-bond acceptors (Lipinski definition) is 7. The van der Waals surface area contributed by atoms with Crippen LogP contribution in [-0.2, 0) is 0 Å². The van der Waals surface area contributed by atoms with Crippen molar-refractivity contribution in [2.24, 2.45) is 0 Å². The molecule has 8 nitrogen and oxygen atoms in total. The molecule has 1 fully saturated rings. The van der Waals surface area contributed by atoms with Crippen LogP contribution in [0, 0.1) is 0 Å². The molecular formula is C18H20N6O2. The van der Waals surface area contributed by atoms with E-state index in [-0.39, 0.29) is 5.56 Å². The van der Waals surface area contributed by atoms with E-state index in [0.717, 1.165) is 37.6 Å². The zero-order valence-corrected chi connectivity index (χ0v) is 14.5. The fraction of sp³-hybridized carbons (Fsp3) is 0.333. The summed E-state index contributed by atoms with van der Waals surface area (Å²) in [7, 11) is 1.59. The van der Waals surface area contributed by atoms with Crippen LogP contribution in [-0.4, -0.2) is 45.6 Å². The Kier molecular flexibility index (Phi) is 4.39. The SMILES string of the molecule is COc1cc(NC2CCN(c3cc(=O)n4ccccc4n3)CC2)ncn1. The van der Waals surface area contributed by atoms with Gasteiger partial charge >= 0.3 is 0 Å². The smallest absolute Gasteiger partial charge is 0.259 e. The molecule has 4 heterocycles. The maximum Gasteiger partial charge on any atom is 0.259 e. The Hall–Kier alpha value is -3.16. The van der Waals surface area contributed by atoms with Gasteiger partial charge in [0, 0.05) is 37.5 Å². The molecule has 1 saturated heterocycles. The van der Waals surface area contributed by atoms with Gasteiger partial charge < -0.3 is 15.0 Å². The van der Waals surface area contributed by atoms with Crippen LogP contribution in [0.15, 0.2) is 47.7 Å². The van der Waals surface area contributed by atoms with Crippen molar-refractivity contribution >= 4 is 17.3 Å². The van der Waals surface area contributed by atoms with E-state index in [9.17, 15) is 4.79 Å². The van der Waals surface area contributed by atoms with Crippen LogP contribution < -0.4 is 20.5 Å². The Morgan fingerprint density at radius 3 is 2.85 bits per heavy atom. The minimum atomic E-state index is -0.0565. The number of nitrogens with one attached hydrogen (secondary N) is 1. The number of piperidine rings is 1. The Morgan fingerprint density at radius 1 is 1.19 bits per heavy atom. The van der Waals surface area contributed by atoms with E-state index in [1.165, 1.54) is 6.33 Å². The van der Waals surface area contributed by atoms with Crippen molar-refractivity contribution < 1.29 is 4.74 Å². The lowest BCUT2D eigenvalue weighted by Gasteiger charge is -2.33. The highest BCUT2D eigenvalue weighted by Gasteiger charge is 2.21. The summed E-state index contributed by atoms with van der Waals surface area (Å²) in [5.41, 5.74) is 0.613. The Balaban J connectivity index is 1.44. The lowest BCUT2D eigenvalue weighted by molar-refractivity contribution is 0.397. The molecule has 0 spiro atoms. The number of fused-ring (bicyclic) bond motifs is 1. The second kappa shape index (κ2) is 6.99. The average molecular weight is 352 g/mol. The summed E-state index contributed by atoms with van der Waals surface area (Å²) >= 11 is 0. The molecular weight excluding hydrogens is 332 g/mol. The number of methoxy groups -OCH3 is 1. The minimum Gasteiger partial charge on any atom is -0.481 e. The number of anilines is 2. The second-order valence-electron chi connectivity index (χ2n) is 6.23. The van der Waals surface area contributed by atoms with Gasteiger partial charge in [-0.2, -0.15) is 0 Å². The molecule has 0 aromatic carbocycles. The molecule has 0 bridgehead atoms. The average Bonchev–Trinajstić information content (AvgIpc) is 2.69. The Labute approximate surface area is 150 Å². The number of pyridine rings is 1. The number of hydrogen-bond donors (Lipinski definition) is 1. The van der Waals surface area contributed by atoms with Gasteiger partial charge in [0.25, 0.3) is 5.56 Å². The molecule has 1 aliphatic heterocycles. The summed E-state index contributed by atoms with van der Waals surface area (Å²) in [6.07, 6.45) is 5.09. The van der Waals surface area contributed by atoms with Crippen LogP contribution in [0.1, 0.15) is 12.8 Å².